The van der Waals surface area contributed by atoms with Crippen molar-refractivity contribution in [3.05, 3.63) is 106 Å². The number of alkyl halides is 6. The Bertz CT molecular complexity index is 1370. The summed E-state index contributed by atoms with van der Waals surface area (Å²) in [6, 6.07) is 13.3. The number of carbonyl (C=O) groups excluding carboxylic acids is 1. The molecule has 0 bridgehead atoms. The van der Waals surface area contributed by atoms with E-state index in [1.165, 1.54) is 6.08 Å². The number of halogens is 6. The highest BCUT2D eigenvalue weighted by Gasteiger charge is 2.37. The van der Waals surface area contributed by atoms with Gasteiger partial charge >= 0.3 is 18.3 Å². The van der Waals surface area contributed by atoms with Crippen molar-refractivity contribution in [1.29, 1.82) is 0 Å². The monoisotopic (exact) mass is 548 g/mol. The summed E-state index contributed by atoms with van der Waals surface area (Å²) in [5.41, 5.74) is -0.380. The second-order valence-corrected chi connectivity index (χ2v) is 9.24. The van der Waals surface area contributed by atoms with Crippen LogP contribution in [-0.4, -0.2) is 16.9 Å². The van der Waals surface area contributed by atoms with E-state index in [1.807, 2.05) is 0 Å². The standard InChI is InChI=1S/C29H22F6O4/c30-28(31,32)22-12-19(13-23(15-22)29(33,34)35)11-21-7-6-20-14-24(8-9-25(20)27(21)38)39-16-18-3-1-17(2-4-18)5-10-26(36)37/h1-5,8-10,12-15,21H,6-7,11,16H2,(H,36,37)/b10-5+. The van der Waals surface area contributed by atoms with Gasteiger partial charge in [-0.3, -0.25) is 4.79 Å². The van der Waals surface area contributed by atoms with E-state index in [2.05, 4.69) is 0 Å². The highest BCUT2D eigenvalue weighted by molar-refractivity contribution is 6.00. The molecule has 3 aromatic carbocycles. The molecular weight excluding hydrogens is 526 g/mol. The first-order valence-corrected chi connectivity index (χ1v) is 11.9. The number of aliphatic carboxylic acids is 1. The number of carboxylic acids is 1. The van der Waals surface area contributed by atoms with Crippen LogP contribution in [0.5, 0.6) is 5.75 Å². The Labute approximate surface area is 219 Å². The molecule has 1 unspecified atom stereocenters. The molecule has 0 radical (unpaired) electrons. The summed E-state index contributed by atoms with van der Waals surface area (Å²) in [4.78, 5) is 23.7. The predicted octanol–water partition coefficient (Wildman–Crippen LogP) is 7.39. The molecule has 0 saturated heterocycles. The molecule has 4 rings (SSSR count). The SMILES string of the molecule is O=C(O)/C=C/c1ccc(COc2ccc3c(c2)CCC(Cc2cc(C(F)(F)F)cc(C(F)(F)F)c2)C3=O)cc1. The summed E-state index contributed by atoms with van der Waals surface area (Å²) < 4.78 is 85.0. The van der Waals surface area contributed by atoms with E-state index in [0.29, 0.717) is 41.0 Å². The minimum atomic E-state index is -4.95. The van der Waals surface area contributed by atoms with Crippen LogP contribution in [0, 0.1) is 5.92 Å². The molecule has 1 N–H and O–H groups in total. The van der Waals surface area contributed by atoms with Crippen molar-refractivity contribution < 1.29 is 45.8 Å². The zero-order chi connectivity index (χ0) is 28.4. The van der Waals surface area contributed by atoms with Gasteiger partial charge in [-0.2, -0.15) is 26.3 Å². The number of ketones is 1. The molecule has 1 atom stereocenters. The van der Waals surface area contributed by atoms with Gasteiger partial charge in [-0.05, 0) is 84.0 Å². The Morgan fingerprint density at radius 1 is 0.897 bits per heavy atom. The summed E-state index contributed by atoms with van der Waals surface area (Å²) in [5.74, 6) is -1.63. The van der Waals surface area contributed by atoms with Gasteiger partial charge in [0.1, 0.15) is 12.4 Å². The molecule has 1 aliphatic rings. The Balaban J connectivity index is 1.44. The summed E-state index contributed by atoms with van der Waals surface area (Å²) in [6.07, 6.45) is -6.95. The Morgan fingerprint density at radius 2 is 1.54 bits per heavy atom. The van der Waals surface area contributed by atoms with Gasteiger partial charge in [0.15, 0.2) is 5.78 Å². The lowest BCUT2D eigenvalue weighted by atomic mass is 9.79. The smallest absolute Gasteiger partial charge is 0.416 e. The number of ether oxygens (including phenoxy) is 1. The van der Waals surface area contributed by atoms with E-state index in [1.54, 1.807) is 42.5 Å². The van der Waals surface area contributed by atoms with E-state index >= 15 is 0 Å². The summed E-state index contributed by atoms with van der Waals surface area (Å²) >= 11 is 0. The maximum atomic E-state index is 13.2. The van der Waals surface area contributed by atoms with Crippen molar-refractivity contribution >= 4 is 17.8 Å². The number of fused-ring (bicyclic) bond motifs is 1. The highest BCUT2D eigenvalue weighted by Crippen LogP contribution is 2.38. The number of Topliss-reactive ketones (excluding diaryl/α,β-unsaturated/α-hetero) is 1. The van der Waals surface area contributed by atoms with Gasteiger partial charge in [-0.15, -0.1) is 0 Å². The third-order valence-corrected chi connectivity index (χ3v) is 6.41. The molecular formula is C29H22F6O4. The van der Waals surface area contributed by atoms with Gasteiger partial charge in [0, 0.05) is 17.6 Å². The van der Waals surface area contributed by atoms with Gasteiger partial charge in [0.05, 0.1) is 11.1 Å². The topological polar surface area (TPSA) is 63.6 Å². The largest absolute Gasteiger partial charge is 0.489 e. The zero-order valence-corrected chi connectivity index (χ0v) is 20.3. The van der Waals surface area contributed by atoms with E-state index in [-0.39, 0.29) is 36.9 Å². The van der Waals surface area contributed by atoms with E-state index < -0.39 is 35.4 Å². The van der Waals surface area contributed by atoms with Gasteiger partial charge in [-0.25, -0.2) is 4.79 Å². The third kappa shape index (κ3) is 7.07. The summed E-state index contributed by atoms with van der Waals surface area (Å²) in [6.45, 7) is 0.218. The zero-order valence-electron chi connectivity index (χ0n) is 20.3. The lowest BCUT2D eigenvalue weighted by Crippen LogP contribution is -2.25. The number of hydrogen-bond donors (Lipinski definition) is 1. The molecule has 39 heavy (non-hydrogen) atoms. The van der Waals surface area contributed by atoms with Crippen LogP contribution in [0.15, 0.2) is 66.7 Å². The van der Waals surface area contributed by atoms with Crippen LogP contribution < -0.4 is 4.74 Å². The molecule has 0 fully saturated rings. The lowest BCUT2D eigenvalue weighted by molar-refractivity contribution is -0.143. The number of aryl methyl sites for hydroxylation is 1. The molecule has 0 saturated carbocycles. The van der Waals surface area contributed by atoms with Crippen molar-refractivity contribution in [2.75, 3.05) is 0 Å². The van der Waals surface area contributed by atoms with Crippen molar-refractivity contribution in [1.82, 2.24) is 0 Å². The minimum absolute atomic E-state index is 0.0773. The molecule has 0 aliphatic heterocycles. The number of carbonyl (C=O) groups is 2. The number of benzene rings is 3. The fourth-order valence-corrected chi connectivity index (χ4v) is 4.46. The van der Waals surface area contributed by atoms with E-state index in [0.717, 1.165) is 11.6 Å². The van der Waals surface area contributed by atoms with Gasteiger partial charge in [0.2, 0.25) is 0 Å². The third-order valence-electron chi connectivity index (χ3n) is 6.41. The van der Waals surface area contributed by atoms with Crippen molar-refractivity contribution in [3.63, 3.8) is 0 Å². The summed E-state index contributed by atoms with van der Waals surface area (Å²) in [5, 5.41) is 8.69. The van der Waals surface area contributed by atoms with Crippen molar-refractivity contribution in [2.24, 2.45) is 5.92 Å². The van der Waals surface area contributed by atoms with E-state index in [9.17, 15) is 35.9 Å². The molecule has 10 heteroatoms. The molecule has 1 aliphatic carbocycles. The first-order valence-electron chi connectivity index (χ1n) is 11.9. The molecule has 4 nitrogen and oxygen atoms in total. The van der Waals surface area contributed by atoms with Gasteiger partial charge in [0.25, 0.3) is 0 Å². The first kappa shape index (κ1) is 27.9. The Kier molecular flexibility index (Phi) is 7.85. The summed E-state index contributed by atoms with van der Waals surface area (Å²) in [7, 11) is 0. The molecule has 0 aromatic heterocycles. The maximum absolute atomic E-state index is 13.2. The fraction of sp³-hybridized carbons (Fsp3) is 0.241. The van der Waals surface area contributed by atoms with Crippen LogP contribution in [0.25, 0.3) is 6.08 Å². The highest BCUT2D eigenvalue weighted by atomic mass is 19.4. The molecule has 3 aromatic rings. The second-order valence-electron chi connectivity index (χ2n) is 9.24. The normalized spacial score (nSPS) is 15.8. The van der Waals surface area contributed by atoms with Crippen LogP contribution in [0.1, 0.15) is 50.2 Å². The average Bonchev–Trinajstić information content (AvgIpc) is 2.87. The second kappa shape index (κ2) is 11.0. The number of hydrogen-bond acceptors (Lipinski definition) is 3. The average molecular weight is 548 g/mol. The van der Waals surface area contributed by atoms with Crippen LogP contribution >= 0.6 is 0 Å². The lowest BCUT2D eigenvalue weighted by Gasteiger charge is -2.24. The molecule has 0 spiro atoms. The van der Waals surface area contributed by atoms with Crippen LogP contribution in [0.2, 0.25) is 0 Å². The predicted molar refractivity (Wildman–Crippen MR) is 130 cm³/mol. The molecule has 0 heterocycles. The quantitative estimate of drug-likeness (QED) is 0.247. The van der Waals surface area contributed by atoms with Gasteiger partial charge < -0.3 is 9.84 Å². The van der Waals surface area contributed by atoms with Crippen molar-refractivity contribution in [2.45, 2.75) is 38.2 Å². The van der Waals surface area contributed by atoms with Gasteiger partial charge in [-0.1, -0.05) is 24.3 Å². The van der Waals surface area contributed by atoms with Crippen LogP contribution in [-0.2, 0) is 36.6 Å². The fourth-order valence-electron chi connectivity index (χ4n) is 4.46. The molecule has 204 valence electrons. The maximum Gasteiger partial charge on any atom is 0.416 e. The Hall–Kier alpha value is -4.08. The first-order chi connectivity index (χ1) is 18.3. The number of rotatable bonds is 7. The van der Waals surface area contributed by atoms with Crippen LogP contribution in [0.3, 0.4) is 0 Å². The molecule has 0 amide bonds. The van der Waals surface area contributed by atoms with E-state index in [4.69, 9.17) is 9.84 Å². The Morgan fingerprint density at radius 3 is 2.13 bits per heavy atom. The minimum Gasteiger partial charge on any atom is -0.489 e. The van der Waals surface area contributed by atoms with Crippen molar-refractivity contribution in [3.8, 4) is 5.75 Å². The number of carboxylic acid groups (broad SMARTS) is 1. The van der Waals surface area contributed by atoms with Crippen LogP contribution in [0.4, 0.5) is 26.3 Å².